The van der Waals surface area contributed by atoms with Crippen molar-refractivity contribution in [1.82, 2.24) is 10.2 Å². The van der Waals surface area contributed by atoms with Gasteiger partial charge in [-0.05, 0) is 32.9 Å². The van der Waals surface area contributed by atoms with E-state index in [-0.39, 0.29) is 13.2 Å². The maximum Gasteiger partial charge on any atom is 0.0518 e. The number of likely N-dealkylation sites (tertiary alicyclic amines) is 1. The Morgan fingerprint density at radius 3 is 2.31 bits per heavy atom. The van der Waals surface area contributed by atoms with E-state index in [2.05, 4.69) is 17.1 Å². The number of aliphatic hydroxyl groups excluding tert-OH is 2. The van der Waals surface area contributed by atoms with E-state index in [0.717, 1.165) is 6.54 Å². The molecule has 1 aliphatic rings. The third kappa shape index (κ3) is 4.01. The SMILES string of the molecule is CC(CNCC(C)(CO)CO)N1CCCC1. The molecule has 0 aromatic heterocycles. The van der Waals surface area contributed by atoms with E-state index >= 15 is 0 Å². The highest BCUT2D eigenvalue weighted by Crippen LogP contribution is 2.13. The van der Waals surface area contributed by atoms with Crippen molar-refractivity contribution in [3.8, 4) is 0 Å². The van der Waals surface area contributed by atoms with E-state index < -0.39 is 5.41 Å². The minimum atomic E-state index is -0.398. The highest BCUT2D eigenvalue weighted by Gasteiger charge is 2.23. The van der Waals surface area contributed by atoms with Crippen molar-refractivity contribution in [3.05, 3.63) is 0 Å². The van der Waals surface area contributed by atoms with Gasteiger partial charge in [-0.2, -0.15) is 0 Å². The molecule has 0 aromatic carbocycles. The topological polar surface area (TPSA) is 55.7 Å². The molecule has 0 aromatic rings. The molecule has 16 heavy (non-hydrogen) atoms. The molecule has 1 saturated heterocycles. The Morgan fingerprint density at radius 1 is 1.25 bits per heavy atom. The van der Waals surface area contributed by atoms with E-state index in [1.54, 1.807) is 0 Å². The van der Waals surface area contributed by atoms with Crippen molar-refractivity contribution < 1.29 is 10.2 Å². The van der Waals surface area contributed by atoms with Gasteiger partial charge in [0.2, 0.25) is 0 Å². The predicted octanol–water partition coefficient (Wildman–Crippen LogP) is 0.0512. The van der Waals surface area contributed by atoms with Crippen molar-refractivity contribution in [1.29, 1.82) is 0 Å². The summed E-state index contributed by atoms with van der Waals surface area (Å²) in [4.78, 5) is 2.49. The molecule has 1 aliphatic heterocycles. The lowest BCUT2D eigenvalue weighted by atomic mass is 9.93. The van der Waals surface area contributed by atoms with E-state index in [1.165, 1.54) is 25.9 Å². The average Bonchev–Trinajstić information content (AvgIpc) is 2.82. The third-order valence-corrected chi connectivity index (χ3v) is 3.52. The van der Waals surface area contributed by atoms with Crippen LogP contribution in [-0.2, 0) is 0 Å². The second-order valence-corrected chi connectivity index (χ2v) is 5.35. The minimum Gasteiger partial charge on any atom is -0.396 e. The lowest BCUT2D eigenvalue weighted by Crippen LogP contribution is -2.44. The van der Waals surface area contributed by atoms with Gasteiger partial charge in [-0.25, -0.2) is 0 Å². The van der Waals surface area contributed by atoms with E-state index in [9.17, 15) is 0 Å². The number of nitrogens with zero attached hydrogens (tertiary/aromatic N) is 1. The molecule has 1 fully saturated rings. The summed E-state index contributed by atoms with van der Waals surface area (Å²) in [6, 6.07) is 0.545. The van der Waals surface area contributed by atoms with Crippen LogP contribution in [0.2, 0.25) is 0 Å². The zero-order chi connectivity index (χ0) is 12.0. The second kappa shape index (κ2) is 6.55. The minimum absolute atomic E-state index is 0.0224. The predicted molar refractivity (Wildman–Crippen MR) is 65.4 cm³/mol. The largest absolute Gasteiger partial charge is 0.396 e. The highest BCUT2D eigenvalue weighted by atomic mass is 16.3. The summed E-state index contributed by atoms with van der Waals surface area (Å²) in [7, 11) is 0. The van der Waals surface area contributed by atoms with Crippen LogP contribution in [0.5, 0.6) is 0 Å². The molecule has 0 bridgehead atoms. The first kappa shape index (κ1) is 13.9. The van der Waals surface area contributed by atoms with Crippen molar-refractivity contribution in [2.45, 2.75) is 32.7 Å². The van der Waals surface area contributed by atoms with Gasteiger partial charge in [-0.15, -0.1) is 0 Å². The molecule has 0 amide bonds. The fourth-order valence-corrected chi connectivity index (χ4v) is 2.06. The van der Waals surface area contributed by atoms with Gasteiger partial charge >= 0.3 is 0 Å². The summed E-state index contributed by atoms with van der Waals surface area (Å²) in [6.07, 6.45) is 2.63. The highest BCUT2D eigenvalue weighted by molar-refractivity contribution is 4.78. The zero-order valence-electron chi connectivity index (χ0n) is 10.6. The fraction of sp³-hybridized carbons (Fsp3) is 1.00. The zero-order valence-corrected chi connectivity index (χ0v) is 10.6. The van der Waals surface area contributed by atoms with Gasteiger partial charge < -0.3 is 15.5 Å². The van der Waals surface area contributed by atoms with Gasteiger partial charge in [0.05, 0.1) is 13.2 Å². The van der Waals surface area contributed by atoms with E-state index in [1.807, 2.05) is 6.92 Å². The van der Waals surface area contributed by atoms with E-state index in [0.29, 0.717) is 12.6 Å². The Morgan fingerprint density at radius 2 is 1.81 bits per heavy atom. The van der Waals surface area contributed by atoms with Gasteiger partial charge in [0.1, 0.15) is 0 Å². The number of hydrogen-bond acceptors (Lipinski definition) is 4. The summed E-state index contributed by atoms with van der Waals surface area (Å²) in [5.74, 6) is 0. The lowest BCUT2D eigenvalue weighted by Gasteiger charge is -2.28. The molecule has 4 heteroatoms. The molecule has 1 atom stereocenters. The first-order chi connectivity index (χ1) is 7.61. The Balaban J connectivity index is 2.18. The normalized spacial score (nSPS) is 20.2. The summed E-state index contributed by atoms with van der Waals surface area (Å²) >= 11 is 0. The Bertz CT molecular complexity index is 189. The van der Waals surface area contributed by atoms with Crippen LogP contribution in [0.1, 0.15) is 26.7 Å². The molecular weight excluding hydrogens is 204 g/mol. The van der Waals surface area contributed by atoms with Crippen molar-refractivity contribution in [2.24, 2.45) is 5.41 Å². The monoisotopic (exact) mass is 230 g/mol. The lowest BCUT2D eigenvalue weighted by molar-refractivity contribution is 0.0682. The first-order valence-corrected chi connectivity index (χ1v) is 6.28. The van der Waals surface area contributed by atoms with Crippen molar-refractivity contribution in [3.63, 3.8) is 0 Å². The van der Waals surface area contributed by atoms with Gasteiger partial charge in [0.25, 0.3) is 0 Å². The van der Waals surface area contributed by atoms with Crippen LogP contribution in [0.25, 0.3) is 0 Å². The van der Waals surface area contributed by atoms with Crippen LogP contribution in [0.15, 0.2) is 0 Å². The van der Waals surface area contributed by atoms with Crippen LogP contribution >= 0.6 is 0 Å². The molecule has 1 heterocycles. The number of rotatable bonds is 7. The quantitative estimate of drug-likeness (QED) is 0.578. The number of nitrogens with one attached hydrogen (secondary N) is 1. The Hall–Kier alpha value is -0.160. The van der Waals surface area contributed by atoms with Crippen LogP contribution in [0, 0.1) is 5.41 Å². The molecule has 1 rings (SSSR count). The van der Waals surface area contributed by atoms with Crippen molar-refractivity contribution >= 4 is 0 Å². The van der Waals surface area contributed by atoms with Gasteiger partial charge in [0.15, 0.2) is 0 Å². The molecule has 3 N–H and O–H groups in total. The molecule has 1 unspecified atom stereocenters. The van der Waals surface area contributed by atoms with E-state index in [4.69, 9.17) is 10.2 Å². The van der Waals surface area contributed by atoms with Crippen LogP contribution in [-0.4, -0.2) is 60.5 Å². The standard InChI is InChI=1S/C12H26N2O2/c1-11(14-5-3-4-6-14)7-13-8-12(2,9-15)10-16/h11,13,15-16H,3-10H2,1-2H3. The molecule has 96 valence electrons. The smallest absolute Gasteiger partial charge is 0.0518 e. The van der Waals surface area contributed by atoms with Crippen LogP contribution < -0.4 is 5.32 Å². The molecule has 0 spiro atoms. The molecule has 0 aliphatic carbocycles. The van der Waals surface area contributed by atoms with Crippen LogP contribution in [0.3, 0.4) is 0 Å². The second-order valence-electron chi connectivity index (χ2n) is 5.35. The fourth-order valence-electron chi connectivity index (χ4n) is 2.06. The summed E-state index contributed by atoms with van der Waals surface area (Å²) < 4.78 is 0. The van der Waals surface area contributed by atoms with Gasteiger partial charge in [-0.3, -0.25) is 4.90 Å². The number of hydrogen-bond donors (Lipinski definition) is 3. The number of aliphatic hydroxyl groups is 2. The van der Waals surface area contributed by atoms with Crippen LogP contribution in [0.4, 0.5) is 0 Å². The van der Waals surface area contributed by atoms with Crippen molar-refractivity contribution in [2.75, 3.05) is 39.4 Å². The van der Waals surface area contributed by atoms with Gasteiger partial charge in [0, 0.05) is 24.5 Å². The maximum absolute atomic E-state index is 9.15. The molecule has 0 saturated carbocycles. The third-order valence-electron chi connectivity index (χ3n) is 3.52. The first-order valence-electron chi connectivity index (χ1n) is 6.28. The molecule has 0 radical (unpaired) electrons. The molecule has 4 nitrogen and oxygen atoms in total. The maximum atomic E-state index is 9.15. The van der Waals surface area contributed by atoms with Gasteiger partial charge in [-0.1, -0.05) is 6.92 Å². The Labute approximate surface area is 98.6 Å². The Kier molecular flexibility index (Phi) is 5.69. The molecular formula is C12H26N2O2. The summed E-state index contributed by atoms with van der Waals surface area (Å²) in [6.45, 7) is 8.17. The summed E-state index contributed by atoms with van der Waals surface area (Å²) in [5, 5.41) is 21.6. The summed E-state index contributed by atoms with van der Waals surface area (Å²) in [5.41, 5.74) is -0.398. The average molecular weight is 230 g/mol.